The number of aromatic nitrogens is 2. The number of ether oxygens (including phenoxy) is 1. The van der Waals surface area contributed by atoms with Crippen LogP contribution in [0.4, 0.5) is 4.39 Å². The van der Waals surface area contributed by atoms with Gasteiger partial charge in [0.25, 0.3) is 0 Å². The molecule has 6 nitrogen and oxygen atoms in total. The molecule has 0 radical (unpaired) electrons. The molecule has 0 saturated carbocycles. The van der Waals surface area contributed by atoms with Crippen LogP contribution in [0.3, 0.4) is 0 Å². The zero-order valence-electron chi connectivity index (χ0n) is 21.1. The second-order valence-electron chi connectivity index (χ2n) is 9.14. The smallest absolute Gasteiger partial charge is 0.216 e. The molecule has 188 valence electrons. The number of benzene rings is 1. The Labute approximate surface area is 212 Å². The summed E-state index contributed by atoms with van der Waals surface area (Å²) in [7, 11) is 2.12. The summed E-state index contributed by atoms with van der Waals surface area (Å²) in [4.78, 5) is 12.5. The van der Waals surface area contributed by atoms with Gasteiger partial charge in [-0.25, -0.2) is 14.4 Å². The number of rotatable bonds is 10. The molecule has 1 aliphatic rings. The highest BCUT2D eigenvalue weighted by Crippen LogP contribution is 2.35. The molecule has 3 rings (SSSR count). The first kappa shape index (κ1) is 26.9. The molecule has 1 aliphatic heterocycles. The van der Waals surface area contributed by atoms with Crippen LogP contribution in [0.1, 0.15) is 56.1 Å². The van der Waals surface area contributed by atoms with Gasteiger partial charge in [0.1, 0.15) is 11.9 Å². The molecule has 2 aromatic rings. The minimum absolute atomic E-state index is 0.0460. The topological polar surface area (TPSA) is 76.3 Å². The van der Waals surface area contributed by atoms with Crippen LogP contribution in [0.25, 0.3) is 10.6 Å². The number of likely N-dealkylation sites (tertiary alicyclic amines) is 1. The lowest BCUT2D eigenvalue weighted by molar-refractivity contribution is 0.104. The van der Waals surface area contributed by atoms with Crippen molar-refractivity contribution in [3.8, 4) is 5.75 Å². The van der Waals surface area contributed by atoms with Gasteiger partial charge in [-0.05, 0) is 75.9 Å². The quantitative estimate of drug-likeness (QED) is 0.423. The van der Waals surface area contributed by atoms with Crippen molar-refractivity contribution < 1.29 is 9.13 Å². The normalized spacial score (nSPS) is 18.6. The van der Waals surface area contributed by atoms with Gasteiger partial charge >= 0.3 is 0 Å². The lowest BCUT2D eigenvalue weighted by Crippen LogP contribution is -2.38. The number of nitrogens with one attached hydrogen (secondary N) is 1. The molecule has 3 N–H and O–H groups in total. The molecular formula is C27H36FN5OS. The molecule has 8 heteroatoms. The second kappa shape index (κ2) is 11.8. The van der Waals surface area contributed by atoms with E-state index < -0.39 is 5.79 Å². The summed E-state index contributed by atoms with van der Waals surface area (Å²) >= 11 is 1.64. The van der Waals surface area contributed by atoms with E-state index in [0.29, 0.717) is 6.54 Å². The first-order valence-corrected chi connectivity index (χ1v) is 12.6. The van der Waals surface area contributed by atoms with E-state index in [-0.39, 0.29) is 11.9 Å². The number of likely N-dealkylation sites (N-methyl/N-ethyl adjacent to an activating group) is 1. The number of nitrogens with zero attached hydrogens (tertiary/aromatic N) is 3. The monoisotopic (exact) mass is 497 g/mol. The van der Waals surface area contributed by atoms with Crippen LogP contribution in [0.15, 0.2) is 54.7 Å². The zero-order chi connectivity index (χ0) is 25.6. The summed E-state index contributed by atoms with van der Waals surface area (Å²) in [6, 6.07) is 6.13. The van der Waals surface area contributed by atoms with Crippen LogP contribution < -0.4 is 15.8 Å². The maximum absolute atomic E-state index is 13.8. The Hall–Kier alpha value is -2.68. The standard InChI is InChI=1S/C27H36FN5OS/c1-7-18(2)35-20(4)23-11-22(12-25(13-23)34-24-9-8-10-33(6)17-24)19(3)30-14-21-15-31-26(32-16-21)27(5,28)29/h7,11-13,15-16,24,30H,3-4,8-10,14,17,29H2,1-2,5-6H3/b18-7-. The summed E-state index contributed by atoms with van der Waals surface area (Å²) in [6.07, 6.45) is 7.51. The number of alkyl halides is 1. The summed E-state index contributed by atoms with van der Waals surface area (Å²) in [5.74, 6) is -1.31. The number of thioether (sulfide) groups is 1. The van der Waals surface area contributed by atoms with E-state index in [2.05, 4.69) is 65.5 Å². The fraction of sp³-hybridized carbons (Fsp3) is 0.407. The number of hydrogen-bond donors (Lipinski definition) is 2. The van der Waals surface area contributed by atoms with Crippen LogP contribution in [0.2, 0.25) is 0 Å². The minimum atomic E-state index is -2.06. The number of nitrogens with two attached hydrogens (primary N) is 1. The molecule has 0 bridgehead atoms. The summed E-state index contributed by atoms with van der Waals surface area (Å²) in [6.45, 7) is 16.3. The Morgan fingerprint density at radius 3 is 2.63 bits per heavy atom. The molecule has 0 amide bonds. The van der Waals surface area contributed by atoms with E-state index in [9.17, 15) is 4.39 Å². The number of halogens is 1. The molecule has 1 fully saturated rings. The van der Waals surface area contributed by atoms with Crippen LogP contribution in [0, 0.1) is 0 Å². The number of allylic oxidation sites excluding steroid dienone is 2. The first-order valence-electron chi connectivity index (χ1n) is 11.8. The molecule has 35 heavy (non-hydrogen) atoms. The molecule has 2 unspecified atom stereocenters. The highest BCUT2D eigenvalue weighted by atomic mass is 32.2. The van der Waals surface area contributed by atoms with Gasteiger partial charge in [0, 0.05) is 47.2 Å². The Bertz CT molecular complexity index is 1080. The average molecular weight is 498 g/mol. The van der Waals surface area contributed by atoms with Crippen molar-refractivity contribution in [1.29, 1.82) is 0 Å². The van der Waals surface area contributed by atoms with Gasteiger partial charge in [0.2, 0.25) is 5.79 Å². The van der Waals surface area contributed by atoms with Crippen molar-refractivity contribution >= 4 is 22.4 Å². The van der Waals surface area contributed by atoms with Gasteiger partial charge in [-0.1, -0.05) is 31.0 Å². The Morgan fingerprint density at radius 2 is 2.00 bits per heavy atom. The van der Waals surface area contributed by atoms with Crippen molar-refractivity contribution in [2.45, 2.75) is 52.1 Å². The second-order valence-corrected chi connectivity index (χ2v) is 10.5. The van der Waals surface area contributed by atoms with Crippen molar-refractivity contribution in [3.05, 3.63) is 77.2 Å². The SMILES string of the molecule is C=C(NCc1cnc(C(C)(N)F)nc1)c1cc(OC2CCCN(C)C2)cc(C(=C)S/C(C)=C\C)c1. The van der Waals surface area contributed by atoms with Gasteiger partial charge in [0.15, 0.2) is 5.82 Å². The van der Waals surface area contributed by atoms with Crippen LogP contribution in [-0.2, 0) is 12.3 Å². The molecule has 0 spiro atoms. The predicted octanol–water partition coefficient (Wildman–Crippen LogP) is 5.44. The Morgan fingerprint density at radius 1 is 1.31 bits per heavy atom. The first-order chi connectivity index (χ1) is 16.5. The van der Waals surface area contributed by atoms with Crippen LogP contribution in [-0.4, -0.2) is 41.1 Å². The van der Waals surface area contributed by atoms with E-state index in [1.807, 2.05) is 13.0 Å². The lowest BCUT2D eigenvalue weighted by atomic mass is 10.1. The third-order valence-corrected chi connectivity index (χ3v) is 6.84. The molecule has 1 aromatic heterocycles. The minimum Gasteiger partial charge on any atom is -0.489 e. The predicted molar refractivity (Wildman–Crippen MR) is 144 cm³/mol. The largest absolute Gasteiger partial charge is 0.489 e. The summed E-state index contributed by atoms with van der Waals surface area (Å²) in [5, 5.41) is 3.32. The molecule has 1 saturated heterocycles. The van der Waals surface area contributed by atoms with Crippen molar-refractivity contribution in [2.75, 3.05) is 20.1 Å². The van der Waals surface area contributed by atoms with Crippen molar-refractivity contribution in [3.63, 3.8) is 0 Å². The molecule has 2 atom stereocenters. The van der Waals surface area contributed by atoms with Gasteiger partial charge in [-0.2, -0.15) is 0 Å². The Kier molecular flexibility index (Phi) is 9.10. The summed E-state index contributed by atoms with van der Waals surface area (Å²) < 4.78 is 20.2. The van der Waals surface area contributed by atoms with E-state index in [1.54, 1.807) is 24.2 Å². The average Bonchev–Trinajstić information content (AvgIpc) is 2.82. The van der Waals surface area contributed by atoms with Crippen LogP contribution in [0.5, 0.6) is 5.75 Å². The van der Waals surface area contributed by atoms with E-state index >= 15 is 0 Å². The lowest BCUT2D eigenvalue weighted by Gasteiger charge is -2.30. The van der Waals surface area contributed by atoms with Gasteiger partial charge in [0.05, 0.1) is 0 Å². The molecule has 0 aliphatic carbocycles. The van der Waals surface area contributed by atoms with E-state index in [1.165, 1.54) is 11.8 Å². The number of piperidine rings is 1. The third-order valence-electron chi connectivity index (χ3n) is 5.80. The fourth-order valence-corrected chi connectivity index (χ4v) is 4.47. The molecular weight excluding hydrogens is 461 g/mol. The summed E-state index contributed by atoms with van der Waals surface area (Å²) in [5.41, 5.74) is 8.86. The number of hydrogen-bond acceptors (Lipinski definition) is 7. The highest BCUT2D eigenvalue weighted by molar-refractivity contribution is 8.11. The molecule has 2 heterocycles. The Balaban J connectivity index is 1.78. The maximum Gasteiger partial charge on any atom is 0.216 e. The molecule has 1 aromatic carbocycles. The maximum atomic E-state index is 13.8. The van der Waals surface area contributed by atoms with Gasteiger partial charge < -0.3 is 15.0 Å². The van der Waals surface area contributed by atoms with E-state index in [0.717, 1.165) is 59.0 Å². The van der Waals surface area contributed by atoms with Crippen LogP contribution >= 0.6 is 11.8 Å². The fourth-order valence-electron chi connectivity index (χ4n) is 3.73. The van der Waals surface area contributed by atoms with Gasteiger partial charge in [-0.15, -0.1) is 0 Å². The highest BCUT2D eigenvalue weighted by Gasteiger charge is 2.23. The third kappa shape index (κ3) is 7.92. The van der Waals surface area contributed by atoms with E-state index in [4.69, 9.17) is 10.5 Å². The van der Waals surface area contributed by atoms with Crippen molar-refractivity contribution in [2.24, 2.45) is 5.73 Å². The van der Waals surface area contributed by atoms with Gasteiger partial charge in [-0.3, -0.25) is 5.73 Å². The zero-order valence-corrected chi connectivity index (χ0v) is 21.9. The van der Waals surface area contributed by atoms with Crippen molar-refractivity contribution in [1.82, 2.24) is 20.2 Å².